The summed E-state index contributed by atoms with van der Waals surface area (Å²) in [6.45, 7) is 0. The molecule has 0 bridgehead atoms. The van der Waals surface area contributed by atoms with Gasteiger partial charge < -0.3 is 5.73 Å². The highest BCUT2D eigenvalue weighted by Crippen LogP contribution is 2.13. The van der Waals surface area contributed by atoms with Gasteiger partial charge >= 0.3 is 0 Å². The van der Waals surface area contributed by atoms with Gasteiger partial charge in [-0.1, -0.05) is 6.07 Å². The van der Waals surface area contributed by atoms with Gasteiger partial charge in [0.1, 0.15) is 0 Å². The van der Waals surface area contributed by atoms with Gasteiger partial charge in [-0.3, -0.25) is 14.8 Å². The lowest BCUT2D eigenvalue weighted by Gasteiger charge is -2.00. The quantitative estimate of drug-likeness (QED) is 0.791. The maximum atomic E-state index is 11.0. The van der Waals surface area contributed by atoms with E-state index in [1.54, 1.807) is 24.5 Å². The second-order valence-corrected chi connectivity index (χ2v) is 3.01. The molecule has 1 amide bonds. The Labute approximate surface area is 86.8 Å². The first-order valence-electron chi connectivity index (χ1n) is 4.44. The van der Waals surface area contributed by atoms with Crippen LogP contribution in [0.15, 0.2) is 42.7 Å². The first-order chi connectivity index (χ1) is 7.27. The van der Waals surface area contributed by atoms with Crippen LogP contribution in [0.1, 0.15) is 10.4 Å². The number of hydrogen-bond acceptors (Lipinski definition) is 3. The Morgan fingerprint density at radius 1 is 1.07 bits per heavy atom. The standard InChI is InChI=1S/C11H9N3O/c12-11(15)8-4-6-14-10(7-8)9-3-1-2-5-13-9/h1-7H,(H2,12,15). The predicted molar refractivity (Wildman–Crippen MR) is 56.0 cm³/mol. The Morgan fingerprint density at radius 3 is 2.53 bits per heavy atom. The molecule has 0 atom stereocenters. The van der Waals surface area contributed by atoms with E-state index in [-0.39, 0.29) is 0 Å². The molecule has 4 nitrogen and oxygen atoms in total. The molecule has 0 radical (unpaired) electrons. The number of rotatable bonds is 2. The van der Waals surface area contributed by atoms with Gasteiger partial charge in [0.05, 0.1) is 11.4 Å². The van der Waals surface area contributed by atoms with Crippen molar-refractivity contribution in [3.63, 3.8) is 0 Å². The van der Waals surface area contributed by atoms with Crippen LogP contribution < -0.4 is 5.73 Å². The first kappa shape index (κ1) is 9.33. The fourth-order valence-corrected chi connectivity index (χ4v) is 1.24. The molecule has 0 saturated carbocycles. The number of pyridine rings is 2. The summed E-state index contributed by atoms with van der Waals surface area (Å²) >= 11 is 0. The lowest BCUT2D eigenvalue weighted by Crippen LogP contribution is -2.11. The van der Waals surface area contributed by atoms with Crippen molar-refractivity contribution in [3.05, 3.63) is 48.3 Å². The molecular weight excluding hydrogens is 190 g/mol. The molecule has 2 rings (SSSR count). The Bertz CT molecular complexity index is 482. The number of primary amides is 1. The predicted octanol–water partition coefficient (Wildman–Crippen LogP) is 1.24. The van der Waals surface area contributed by atoms with E-state index >= 15 is 0 Å². The normalized spacial score (nSPS) is 9.87. The second-order valence-electron chi connectivity index (χ2n) is 3.01. The number of hydrogen-bond donors (Lipinski definition) is 1. The zero-order valence-corrected chi connectivity index (χ0v) is 7.92. The zero-order chi connectivity index (χ0) is 10.7. The van der Waals surface area contributed by atoms with E-state index in [2.05, 4.69) is 9.97 Å². The summed E-state index contributed by atoms with van der Waals surface area (Å²) < 4.78 is 0. The molecule has 74 valence electrons. The van der Waals surface area contributed by atoms with Gasteiger partial charge in [-0.25, -0.2) is 0 Å². The highest BCUT2D eigenvalue weighted by molar-refractivity contribution is 5.93. The summed E-state index contributed by atoms with van der Waals surface area (Å²) in [5.74, 6) is -0.463. The summed E-state index contributed by atoms with van der Waals surface area (Å²) in [5, 5.41) is 0. The number of amides is 1. The molecule has 0 fully saturated rings. The van der Waals surface area contributed by atoms with Crippen LogP contribution >= 0.6 is 0 Å². The van der Waals surface area contributed by atoms with Crippen molar-refractivity contribution in [2.24, 2.45) is 5.73 Å². The van der Waals surface area contributed by atoms with Crippen LogP contribution in [0.4, 0.5) is 0 Å². The Morgan fingerprint density at radius 2 is 1.87 bits per heavy atom. The Kier molecular flexibility index (Phi) is 2.41. The molecule has 2 N–H and O–H groups in total. The van der Waals surface area contributed by atoms with E-state index in [9.17, 15) is 4.79 Å². The van der Waals surface area contributed by atoms with Gasteiger partial charge in [0, 0.05) is 18.0 Å². The Hall–Kier alpha value is -2.23. The van der Waals surface area contributed by atoms with Gasteiger partial charge in [0.2, 0.25) is 5.91 Å². The maximum absolute atomic E-state index is 11.0. The largest absolute Gasteiger partial charge is 0.366 e. The van der Waals surface area contributed by atoms with Gasteiger partial charge in [0.15, 0.2) is 0 Å². The van der Waals surface area contributed by atoms with E-state index in [1.165, 1.54) is 0 Å². The van der Waals surface area contributed by atoms with E-state index in [1.807, 2.05) is 18.2 Å². The van der Waals surface area contributed by atoms with Crippen molar-refractivity contribution in [1.82, 2.24) is 9.97 Å². The van der Waals surface area contributed by atoms with Crippen molar-refractivity contribution in [1.29, 1.82) is 0 Å². The third kappa shape index (κ3) is 1.99. The lowest BCUT2D eigenvalue weighted by molar-refractivity contribution is 0.1000. The van der Waals surface area contributed by atoms with Crippen molar-refractivity contribution in [3.8, 4) is 11.4 Å². The van der Waals surface area contributed by atoms with Gasteiger partial charge in [-0.05, 0) is 24.3 Å². The highest BCUT2D eigenvalue weighted by Gasteiger charge is 2.04. The monoisotopic (exact) mass is 199 g/mol. The molecule has 0 unspecified atom stereocenters. The number of nitrogens with zero attached hydrogens (tertiary/aromatic N) is 2. The number of nitrogens with two attached hydrogens (primary N) is 1. The van der Waals surface area contributed by atoms with Crippen molar-refractivity contribution in [2.75, 3.05) is 0 Å². The zero-order valence-electron chi connectivity index (χ0n) is 7.92. The molecule has 0 aliphatic rings. The molecule has 0 spiro atoms. The van der Waals surface area contributed by atoms with Crippen LogP contribution in [0.5, 0.6) is 0 Å². The van der Waals surface area contributed by atoms with Crippen LogP contribution in [0.2, 0.25) is 0 Å². The molecular formula is C11H9N3O. The van der Waals surface area contributed by atoms with E-state index in [0.717, 1.165) is 5.69 Å². The molecule has 0 saturated heterocycles. The average molecular weight is 199 g/mol. The van der Waals surface area contributed by atoms with Crippen LogP contribution in [0.25, 0.3) is 11.4 Å². The Balaban J connectivity index is 2.46. The van der Waals surface area contributed by atoms with Crippen LogP contribution in [-0.4, -0.2) is 15.9 Å². The first-order valence-corrected chi connectivity index (χ1v) is 4.44. The summed E-state index contributed by atoms with van der Waals surface area (Å²) in [6, 6.07) is 8.72. The fourth-order valence-electron chi connectivity index (χ4n) is 1.24. The minimum absolute atomic E-state index is 0.436. The van der Waals surface area contributed by atoms with E-state index in [4.69, 9.17) is 5.73 Å². The highest BCUT2D eigenvalue weighted by atomic mass is 16.1. The SMILES string of the molecule is NC(=O)c1ccnc(-c2ccccn2)c1. The van der Waals surface area contributed by atoms with Crippen LogP contribution in [0.3, 0.4) is 0 Å². The molecule has 4 heteroatoms. The van der Waals surface area contributed by atoms with Crippen molar-refractivity contribution >= 4 is 5.91 Å². The third-order valence-corrected chi connectivity index (χ3v) is 1.97. The molecule has 15 heavy (non-hydrogen) atoms. The molecule has 2 aromatic rings. The lowest BCUT2D eigenvalue weighted by atomic mass is 10.2. The summed E-state index contributed by atoms with van der Waals surface area (Å²) in [6.07, 6.45) is 3.22. The summed E-state index contributed by atoms with van der Waals surface area (Å²) in [4.78, 5) is 19.2. The number of carbonyl (C=O) groups is 1. The minimum Gasteiger partial charge on any atom is -0.366 e. The van der Waals surface area contributed by atoms with E-state index in [0.29, 0.717) is 11.3 Å². The van der Waals surface area contributed by atoms with Gasteiger partial charge in [-0.15, -0.1) is 0 Å². The van der Waals surface area contributed by atoms with Crippen LogP contribution in [0, 0.1) is 0 Å². The maximum Gasteiger partial charge on any atom is 0.248 e. The molecule has 0 aromatic carbocycles. The van der Waals surface area contributed by atoms with Crippen LogP contribution in [-0.2, 0) is 0 Å². The minimum atomic E-state index is -0.463. The average Bonchev–Trinajstić information content (AvgIpc) is 2.30. The van der Waals surface area contributed by atoms with E-state index < -0.39 is 5.91 Å². The second kappa shape index (κ2) is 3.88. The fraction of sp³-hybridized carbons (Fsp3) is 0. The topological polar surface area (TPSA) is 68.9 Å². The number of aromatic nitrogens is 2. The molecule has 2 aromatic heterocycles. The molecule has 0 aliphatic carbocycles. The van der Waals surface area contributed by atoms with Crippen molar-refractivity contribution < 1.29 is 4.79 Å². The summed E-state index contributed by atoms with van der Waals surface area (Å²) in [7, 11) is 0. The summed E-state index contributed by atoms with van der Waals surface area (Å²) in [5.41, 5.74) is 6.98. The van der Waals surface area contributed by atoms with Crippen molar-refractivity contribution in [2.45, 2.75) is 0 Å². The molecule has 2 heterocycles. The van der Waals surface area contributed by atoms with Gasteiger partial charge in [0.25, 0.3) is 0 Å². The smallest absolute Gasteiger partial charge is 0.248 e. The van der Waals surface area contributed by atoms with Gasteiger partial charge in [-0.2, -0.15) is 0 Å². The number of carbonyl (C=O) groups excluding carboxylic acids is 1. The third-order valence-electron chi connectivity index (χ3n) is 1.97. The molecule has 0 aliphatic heterocycles.